The molecule has 0 radical (unpaired) electrons. The Labute approximate surface area is 176 Å². The van der Waals surface area contributed by atoms with Crippen LogP contribution in [0.4, 0.5) is 17.3 Å². The van der Waals surface area contributed by atoms with Gasteiger partial charge in [0.2, 0.25) is 0 Å². The van der Waals surface area contributed by atoms with E-state index in [1.807, 2.05) is 28.1 Å². The van der Waals surface area contributed by atoms with Crippen molar-refractivity contribution in [3.63, 3.8) is 0 Å². The van der Waals surface area contributed by atoms with E-state index < -0.39 is 5.91 Å². The van der Waals surface area contributed by atoms with Gasteiger partial charge in [-0.25, -0.2) is 15.0 Å². The second-order valence-corrected chi connectivity index (χ2v) is 7.72. The number of hydrogen-bond donors (Lipinski definition) is 2. The predicted octanol–water partition coefficient (Wildman–Crippen LogP) is 2.53. The normalized spacial score (nSPS) is 14.2. The summed E-state index contributed by atoms with van der Waals surface area (Å²) < 4.78 is 7.32. The zero-order chi connectivity index (χ0) is 20.5. The highest BCUT2D eigenvalue weighted by atomic mass is 32.1. The van der Waals surface area contributed by atoms with Crippen LogP contribution in [-0.2, 0) is 4.74 Å². The van der Waals surface area contributed by atoms with Gasteiger partial charge in [-0.3, -0.25) is 9.20 Å². The van der Waals surface area contributed by atoms with Crippen LogP contribution in [0.5, 0.6) is 0 Å². The van der Waals surface area contributed by atoms with Crippen molar-refractivity contribution in [3.8, 4) is 11.3 Å². The van der Waals surface area contributed by atoms with Gasteiger partial charge >= 0.3 is 0 Å². The fraction of sp³-hybridized carbons (Fsp3) is 0.200. The number of nitrogens with one attached hydrogen (secondary N) is 1. The Bertz CT molecular complexity index is 1200. The molecule has 0 atom stereocenters. The lowest BCUT2D eigenvalue weighted by molar-refractivity contribution is 0.100. The van der Waals surface area contributed by atoms with Crippen LogP contribution in [0.3, 0.4) is 0 Å². The zero-order valence-corrected chi connectivity index (χ0v) is 16.8. The van der Waals surface area contributed by atoms with Gasteiger partial charge in [0.15, 0.2) is 11.5 Å². The summed E-state index contributed by atoms with van der Waals surface area (Å²) in [6, 6.07) is 5.73. The van der Waals surface area contributed by atoms with Crippen LogP contribution in [0.1, 0.15) is 9.67 Å². The van der Waals surface area contributed by atoms with Crippen molar-refractivity contribution in [3.05, 3.63) is 53.2 Å². The zero-order valence-electron chi connectivity index (χ0n) is 16.0. The van der Waals surface area contributed by atoms with Crippen molar-refractivity contribution in [1.82, 2.24) is 19.4 Å². The Hall–Kier alpha value is -3.50. The molecule has 152 valence electrons. The minimum Gasteiger partial charge on any atom is -0.378 e. The van der Waals surface area contributed by atoms with E-state index in [2.05, 4.69) is 25.2 Å². The highest BCUT2D eigenvalue weighted by Gasteiger charge is 2.15. The standard InChI is InChI=1S/C20H19N7O2S/c21-18(28)16-9-13(12-30-16)15-11-24-19(20-22-3-4-27(15)20)25-14-1-2-17(23-10-14)26-5-7-29-8-6-26/h1-4,9-12H,5-8H2,(H2,21,28)(H,24,25). The molecular formula is C20H19N7O2S. The average Bonchev–Trinajstić information content (AvgIpc) is 3.46. The number of pyridine rings is 1. The van der Waals surface area contributed by atoms with Crippen molar-refractivity contribution in [1.29, 1.82) is 0 Å². The first-order chi connectivity index (χ1) is 14.7. The molecule has 1 fully saturated rings. The first kappa shape index (κ1) is 18.5. The minimum absolute atomic E-state index is 0.438. The van der Waals surface area contributed by atoms with Crippen LogP contribution in [0.2, 0.25) is 0 Å². The number of imidazole rings is 1. The summed E-state index contributed by atoms with van der Waals surface area (Å²) in [5, 5.41) is 5.18. The molecule has 0 bridgehead atoms. The van der Waals surface area contributed by atoms with Gasteiger partial charge in [-0.2, -0.15) is 0 Å². The molecule has 0 aliphatic carbocycles. The lowest BCUT2D eigenvalue weighted by atomic mass is 10.2. The molecule has 5 heterocycles. The molecule has 0 saturated carbocycles. The molecule has 0 aromatic carbocycles. The molecule has 0 unspecified atom stereocenters. The van der Waals surface area contributed by atoms with Gasteiger partial charge in [0.05, 0.1) is 41.9 Å². The Morgan fingerprint density at radius 3 is 2.77 bits per heavy atom. The Morgan fingerprint density at radius 1 is 1.17 bits per heavy atom. The number of fused-ring (bicyclic) bond motifs is 1. The van der Waals surface area contributed by atoms with Crippen molar-refractivity contribution in [2.45, 2.75) is 0 Å². The topological polar surface area (TPSA) is 111 Å². The molecule has 5 rings (SSSR count). The Kier molecular flexibility index (Phi) is 4.77. The first-order valence-electron chi connectivity index (χ1n) is 9.45. The van der Waals surface area contributed by atoms with Gasteiger partial charge in [0.25, 0.3) is 5.91 Å². The third-order valence-electron chi connectivity index (χ3n) is 4.91. The number of aromatic nitrogens is 4. The van der Waals surface area contributed by atoms with Gasteiger partial charge in [-0.1, -0.05) is 0 Å². The lowest BCUT2D eigenvalue weighted by Gasteiger charge is -2.27. The number of anilines is 3. The Morgan fingerprint density at radius 2 is 2.03 bits per heavy atom. The van der Waals surface area contributed by atoms with Crippen LogP contribution < -0.4 is 16.0 Å². The summed E-state index contributed by atoms with van der Waals surface area (Å²) in [5.41, 5.74) is 8.58. The molecule has 4 aromatic heterocycles. The molecule has 10 heteroatoms. The maximum Gasteiger partial charge on any atom is 0.258 e. The maximum atomic E-state index is 11.4. The van der Waals surface area contributed by atoms with Crippen LogP contribution in [-0.4, -0.2) is 51.6 Å². The summed E-state index contributed by atoms with van der Waals surface area (Å²) in [7, 11) is 0. The molecule has 1 aliphatic heterocycles. The van der Waals surface area contributed by atoms with Gasteiger partial charge in [-0.05, 0) is 18.2 Å². The van der Waals surface area contributed by atoms with Crippen LogP contribution in [0, 0.1) is 0 Å². The Balaban J connectivity index is 1.41. The molecule has 1 saturated heterocycles. The predicted molar refractivity (Wildman–Crippen MR) is 115 cm³/mol. The van der Waals surface area contributed by atoms with Gasteiger partial charge < -0.3 is 20.7 Å². The van der Waals surface area contributed by atoms with E-state index >= 15 is 0 Å². The highest BCUT2D eigenvalue weighted by Crippen LogP contribution is 2.28. The molecule has 4 aromatic rings. The summed E-state index contributed by atoms with van der Waals surface area (Å²) in [5.74, 6) is 1.11. The number of hydrogen-bond acceptors (Lipinski definition) is 8. The molecule has 9 nitrogen and oxygen atoms in total. The van der Waals surface area contributed by atoms with Gasteiger partial charge in [0, 0.05) is 36.4 Å². The number of carbonyl (C=O) groups excluding carboxylic acids is 1. The van der Waals surface area contributed by atoms with Crippen LogP contribution in [0.25, 0.3) is 16.9 Å². The number of amides is 1. The van der Waals surface area contributed by atoms with Crippen LogP contribution >= 0.6 is 11.3 Å². The van der Waals surface area contributed by atoms with E-state index in [0.717, 1.165) is 49.1 Å². The average molecular weight is 421 g/mol. The molecule has 1 aliphatic rings. The smallest absolute Gasteiger partial charge is 0.258 e. The number of thiophene rings is 1. The van der Waals surface area contributed by atoms with Crippen molar-refractivity contribution in [2.75, 3.05) is 36.5 Å². The summed E-state index contributed by atoms with van der Waals surface area (Å²) in [6.07, 6.45) is 7.11. The monoisotopic (exact) mass is 421 g/mol. The molecule has 1 amide bonds. The van der Waals surface area contributed by atoms with E-state index in [0.29, 0.717) is 16.3 Å². The van der Waals surface area contributed by atoms with E-state index in [-0.39, 0.29) is 0 Å². The van der Waals surface area contributed by atoms with Gasteiger partial charge in [-0.15, -0.1) is 11.3 Å². The number of ether oxygens (including phenoxy) is 1. The number of carbonyl (C=O) groups is 1. The second-order valence-electron chi connectivity index (χ2n) is 6.81. The van der Waals surface area contributed by atoms with Crippen molar-refractivity contribution in [2.24, 2.45) is 5.73 Å². The molecular weight excluding hydrogens is 402 g/mol. The highest BCUT2D eigenvalue weighted by molar-refractivity contribution is 7.12. The second kappa shape index (κ2) is 7.73. The fourth-order valence-electron chi connectivity index (χ4n) is 3.40. The third kappa shape index (κ3) is 3.46. The summed E-state index contributed by atoms with van der Waals surface area (Å²) >= 11 is 1.31. The number of rotatable bonds is 5. The quantitative estimate of drug-likeness (QED) is 0.509. The lowest BCUT2D eigenvalue weighted by Crippen LogP contribution is -2.36. The van der Waals surface area contributed by atoms with Gasteiger partial charge in [0.1, 0.15) is 5.82 Å². The van der Waals surface area contributed by atoms with Crippen LogP contribution in [0.15, 0.2) is 48.4 Å². The first-order valence-corrected chi connectivity index (χ1v) is 10.3. The molecule has 0 spiro atoms. The number of primary amides is 1. The fourth-order valence-corrected chi connectivity index (χ4v) is 4.15. The maximum absolute atomic E-state index is 11.4. The minimum atomic E-state index is -0.438. The number of nitrogens with two attached hydrogens (primary N) is 1. The van der Waals surface area contributed by atoms with Crippen molar-refractivity contribution >= 4 is 40.2 Å². The third-order valence-corrected chi connectivity index (χ3v) is 5.86. The van der Waals surface area contributed by atoms with Crippen molar-refractivity contribution < 1.29 is 9.53 Å². The van der Waals surface area contributed by atoms with E-state index in [1.54, 1.807) is 24.7 Å². The summed E-state index contributed by atoms with van der Waals surface area (Å²) in [4.78, 5) is 27.7. The largest absolute Gasteiger partial charge is 0.378 e. The molecule has 3 N–H and O–H groups in total. The SMILES string of the molecule is NC(=O)c1cc(-c2cnc(Nc3ccc(N4CCOCC4)nc3)c3nccn23)cs1. The number of morpholine rings is 1. The van der Waals surface area contributed by atoms with E-state index in [9.17, 15) is 4.79 Å². The van der Waals surface area contributed by atoms with E-state index in [4.69, 9.17) is 10.5 Å². The summed E-state index contributed by atoms with van der Waals surface area (Å²) in [6.45, 7) is 3.14. The number of nitrogens with zero attached hydrogens (tertiary/aromatic N) is 5. The molecule has 30 heavy (non-hydrogen) atoms. The van der Waals surface area contributed by atoms with E-state index in [1.165, 1.54) is 11.3 Å².